The van der Waals surface area contributed by atoms with Crippen molar-refractivity contribution >= 4 is 60.7 Å². The second kappa shape index (κ2) is 6.42. The van der Waals surface area contributed by atoms with Crippen molar-refractivity contribution < 1.29 is 9.59 Å². The van der Waals surface area contributed by atoms with E-state index in [1.165, 1.54) is 29.6 Å². The second-order valence-electron chi connectivity index (χ2n) is 3.83. The molecular weight excluding hydrogens is 364 g/mol. The fourth-order valence-electron chi connectivity index (χ4n) is 1.43. The monoisotopic (exact) mass is 374 g/mol. The lowest BCUT2D eigenvalue weighted by molar-refractivity contribution is -0.114. The normalized spacial score (nSPS) is 10.3. The number of carbonyl (C=O) groups excluding carboxylic acids is 2. The fourth-order valence-corrected chi connectivity index (χ4v) is 3.33. The van der Waals surface area contributed by atoms with E-state index in [0.717, 1.165) is 16.3 Å². The van der Waals surface area contributed by atoms with Crippen LogP contribution in [-0.4, -0.2) is 27.1 Å². The van der Waals surface area contributed by atoms with Crippen LogP contribution in [0, 0.1) is 6.92 Å². The molecule has 0 aromatic carbocycles. The van der Waals surface area contributed by atoms with Gasteiger partial charge < -0.3 is 10.6 Å². The van der Waals surface area contributed by atoms with Crippen LogP contribution in [0.1, 0.15) is 12.6 Å². The number of rotatable bonds is 4. The van der Waals surface area contributed by atoms with Gasteiger partial charge in [0.15, 0.2) is 10.3 Å². The van der Waals surface area contributed by atoms with Crippen molar-refractivity contribution in [3.63, 3.8) is 0 Å². The molecule has 2 amide bonds. The largest absolute Gasteiger partial charge is 0.302 e. The van der Waals surface area contributed by atoms with E-state index < -0.39 is 0 Å². The van der Waals surface area contributed by atoms with Crippen molar-refractivity contribution in [2.45, 2.75) is 13.8 Å². The molecule has 0 saturated heterocycles. The van der Waals surface area contributed by atoms with Crippen molar-refractivity contribution in [3.05, 3.63) is 11.1 Å². The zero-order valence-corrected chi connectivity index (χ0v) is 13.9. The van der Waals surface area contributed by atoms with Crippen LogP contribution in [-0.2, 0) is 9.59 Å². The summed E-state index contributed by atoms with van der Waals surface area (Å²) >= 11 is 5.78. The van der Waals surface area contributed by atoms with E-state index in [2.05, 4.69) is 36.5 Å². The van der Waals surface area contributed by atoms with E-state index in [0.29, 0.717) is 10.3 Å². The summed E-state index contributed by atoms with van der Waals surface area (Å²) in [4.78, 5) is 31.8. The van der Waals surface area contributed by atoms with Gasteiger partial charge in [-0.25, -0.2) is 9.97 Å². The molecule has 0 radical (unpaired) electrons. The highest BCUT2D eigenvalue weighted by atomic mass is 79.9. The van der Waals surface area contributed by atoms with Gasteiger partial charge in [0.2, 0.25) is 11.8 Å². The number of carbonyl (C=O) groups is 2. The summed E-state index contributed by atoms with van der Waals surface area (Å²) in [5.41, 5.74) is 1.54. The summed E-state index contributed by atoms with van der Waals surface area (Å²) in [6.07, 6.45) is 0. The molecule has 0 atom stereocenters. The van der Waals surface area contributed by atoms with Crippen LogP contribution in [0.2, 0.25) is 0 Å². The number of aryl methyl sites for hydroxylation is 1. The molecular formula is C11H11BrN4O2S2. The number of amides is 2. The number of thiazole rings is 2. The zero-order chi connectivity index (χ0) is 14.7. The molecule has 0 aliphatic rings. The highest BCUT2D eigenvalue weighted by Gasteiger charge is 2.14. The Balaban J connectivity index is 2.21. The topological polar surface area (TPSA) is 84.0 Å². The molecule has 0 fully saturated rings. The lowest BCUT2D eigenvalue weighted by atomic mass is 10.3. The molecule has 106 valence electrons. The number of aromatic nitrogens is 2. The number of nitrogens with one attached hydrogen (secondary N) is 2. The van der Waals surface area contributed by atoms with Gasteiger partial charge in [0.05, 0.1) is 21.6 Å². The average molecular weight is 375 g/mol. The minimum absolute atomic E-state index is 0.147. The zero-order valence-electron chi connectivity index (χ0n) is 10.7. The van der Waals surface area contributed by atoms with E-state index in [9.17, 15) is 9.59 Å². The van der Waals surface area contributed by atoms with Gasteiger partial charge in [0.25, 0.3) is 0 Å². The number of anilines is 2. The quantitative estimate of drug-likeness (QED) is 0.805. The third-order valence-corrected chi connectivity index (χ3v) is 4.55. The Morgan fingerprint density at radius 1 is 1.30 bits per heavy atom. The van der Waals surface area contributed by atoms with Crippen LogP contribution in [0.4, 0.5) is 10.3 Å². The lowest BCUT2D eigenvalue weighted by Gasteiger charge is -1.96. The van der Waals surface area contributed by atoms with Crippen LogP contribution in [0.3, 0.4) is 0 Å². The van der Waals surface area contributed by atoms with Crippen LogP contribution in [0.15, 0.2) is 5.38 Å². The van der Waals surface area contributed by atoms with Crippen molar-refractivity contribution in [3.8, 4) is 10.6 Å². The molecule has 0 aliphatic carbocycles. The van der Waals surface area contributed by atoms with Crippen LogP contribution in [0.5, 0.6) is 0 Å². The molecule has 2 aromatic heterocycles. The first-order chi connectivity index (χ1) is 9.49. The number of halogens is 1. The highest BCUT2D eigenvalue weighted by molar-refractivity contribution is 9.09. The van der Waals surface area contributed by atoms with E-state index in [1.807, 2.05) is 12.3 Å². The smallest absolute Gasteiger partial charge is 0.236 e. The highest BCUT2D eigenvalue weighted by Crippen LogP contribution is 2.34. The fraction of sp³-hybridized carbons (Fsp3) is 0.273. The molecule has 0 saturated carbocycles. The molecule has 0 aliphatic heterocycles. The maximum atomic E-state index is 11.3. The maximum Gasteiger partial charge on any atom is 0.236 e. The Kier molecular flexibility index (Phi) is 4.84. The van der Waals surface area contributed by atoms with E-state index >= 15 is 0 Å². The SMILES string of the molecule is CC(=O)Nc1nc(C)c(-c2csc(NC(=O)CBr)n2)s1. The molecule has 2 rings (SSSR count). The second-order valence-corrected chi connectivity index (χ2v) is 6.25. The Labute approximate surface area is 131 Å². The Hall–Kier alpha value is -1.32. The molecule has 0 bridgehead atoms. The van der Waals surface area contributed by atoms with Gasteiger partial charge in [-0.05, 0) is 6.92 Å². The first kappa shape index (κ1) is 15.1. The molecule has 2 aromatic rings. The average Bonchev–Trinajstić information content (AvgIpc) is 2.95. The van der Waals surface area contributed by atoms with Gasteiger partial charge in [-0.1, -0.05) is 27.3 Å². The van der Waals surface area contributed by atoms with Gasteiger partial charge in [0.1, 0.15) is 0 Å². The van der Waals surface area contributed by atoms with Crippen LogP contribution >= 0.6 is 38.6 Å². The molecule has 2 heterocycles. The molecule has 9 heteroatoms. The van der Waals surface area contributed by atoms with Gasteiger partial charge >= 0.3 is 0 Å². The predicted molar refractivity (Wildman–Crippen MR) is 84.7 cm³/mol. The third kappa shape index (κ3) is 3.62. The van der Waals surface area contributed by atoms with Gasteiger partial charge in [-0.15, -0.1) is 11.3 Å². The molecule has 0 unspecified atom stereocenters. The molecule has 6 nitrogen and oxygen atoms in total. The summed E-state index contributed by atoms with van der Waals surface area (Å²) in [5, 5.41) is 8.49. The Bertz CT molecular complexity index is 653. The minimum Gasteiger partial charge on any atom is -0.302 e. The molecule has 2 N–H and O–H groups in total. The summed E-state index contributed by atoms with van der Waals surface area (Å²) in [6, 6.07) is 0. The molecule has 20 heavy (non-hydrogen) atoms. The summed E-state index contributed by atoms with van der Waals surface area (Å²) < 4.78 is 0. The Morgan fingerprint density at radius 2 is 2.05 bits per heavy atom. The summed E-state index contributed by atoms with van der Waals surface area (Å²) in [5.74, 6) is -0.306. The van der Waals surface area contributed by atoms with Crippen LogP contribution in [0.25, 0.3) is 10.6 Å². The van der Waals surface area contributed by atoms with E-state index in [4.69, 9.17) is 0 Å². The van der Waals surface area contributed by atoms with E-state index in [-0.39, 0.29) is 17.1 Å². The summed E-state index contributed by atoms with van der Waals surface area (Å²) in [7, 11) is 0. The number of alkyl halides is 1. The van der Waals surface area contributed by atoms with Crippen molar-refractivity contribution in [1.82, 2.24) is 9.97 Å². The minimum atomic E-state index is -0.158. The number of hydrogen-bond acceptors (Lipinski definition) is 6. The summed E-state index contributed by atoms with van der Waals surface area (Å²) in [6.45, 7) is 3.29. The molecule has 0 spiro atoms. The predicted octanol–water partition coefficient (Wildman–Crippen LogP) is 2.87. The maximum absolute atomic E-state index is 11.3. The van der Waals surface area contributed by atoms with Crippen molar-refractivity contribution in [2.75, 3.05) is 16.0 Å². The first-order valence-corrected chi connectivity index (χ1v) is 8.38. The van der Waals surface area contributed by atoms with Gasteiger partial charge in [0, 0.05) is 12.3 Å². The standard InChI is InChI=1S/C11H11BrN4O2S2/c1-5-9(20-11(13-5)14-6(2)17)7-4-19-10(15-7)16-8(18)3-12/h4H,3H2,1-2H3,(H,13,14,17)(H,15,16,18). The third-order valence-electron chi connectivity index (χ3n) is 2.18. The van der Waals surface area contributed by atoms with Crippen molar-refractivity contribution in [2.24, 2.45) is 0 Å². The van der Waals surface area contributed by atoms with Gasteiger partial charge in [-0.2, -0.15) is 0 Å². The van der Waals surface area contributed by atoms with Crippen LogP contribution < -0.4 is 10.6 Å². The Morgan fingerprint density at radius 3 is 2.70 bits per heavy atom. The number of hydrogen-bond donors (Lipinski definition) is 2. The van der Waals surface area contributed by atoms with Gasteiger partial charge in [-0.3, -0.25) is 9.59 Å². The van der Waals surface area contributed by atoms with E-state index in [1.54, 1.807) is 0 Å². The lowest BCUT2D eigenvalue weighted by Crippen LogP contribution is -2.11. The first-order valence-electron chi connectivity index (χ1n) is 5.56. The number of nitrogens with zero attached hydrogens (tertiary/aromatic N) is 2. The van der Waals surface area contributed by atoms with Crippen molar-refractivity contribution in [1.29, 1.82) is 0 Å².